The fourth-order valence-electron chi connectivity index (χ4n) is 1.19. The van der Waals surface area contributed by atoms with Crippen molar-refractivity contribution in [2.75, 3.05) is 33.5 Å². The highest BCUT2D eigenvalue weighted by atomic mass is 16.5. The van der Waals surface area contributed by atoms with Gasteiger partial charge in [0.2, 0.25) is 0 Å². The molecular weight excluding hydrogens is 256 g/mol. The fourth-order valence-corrected chi connectivity index (χ4v) is 1.19. The molecule has 3 amide bonds. The highest BCUT2D eigenvalue weighted by Crippen LogP contribution is 1.93. The van der Waals surface area contributed by atoms with Gasteiger partial charge in [0.05, 0.1) is 0 Å². The number of hydrogen-bond acceptors (Lipinski definition) is 5. The molecule has 0 aliphatic heterocycles. The van der Waals surface area contributed by atoms with Crippen molar-refractivity contribution in [3.63, 3.8) is 0 Å². The number of imide groups is 1. The van der Waals surface area contributed by atoms with Crippen molar-refractivity contribution < 1.29 is 29.0 Å². The summed E-state index contributed by atoms with van der Waals surface area (Å²) in [6.45, 7) is 0.104. The van der Waals surface area contributed by atoms with Crippen LogP contribution in [0.2, 0.25) is 0 Å². The van der Waals surface area contributed by atoms with Gasteiger partial charge in [-0.05, 0) is 19.3 Å². The first-order valence-corrected chi connectivity index (χ1v) is 5.92. The Kier molecular flexibility index (Phi) is 10.4. The summed E-state index contributed by atoms with van der Waals surface area (Å²) in [7, 11) is 1.63. The van der Waals surface area contributed by atoms with Gasteiger partial charge in [-0.3, -0.25) is 10.1 Å². The molecule has 0 aromatic rings. The lowest BCUT2D eigenvalue weighted by molar-refractivity contribution is -0.143. The van der Waals surface area contributed by atoms with E-state index in [-0.39, 0.29) is 0 Å². The maximum absolute atomic E-state index is 11.2. The molecule has 0 aromatic heterocycles. The van der Waals surface area contributed by atoms with Crippen LogP contribution >= 0.6 is 0 Å². The van der Waals surface area contributed by atoms with E-state index in [1.54, 1.807) is 7.11 Å². The first-order valence-electron chi connectivity index (χ1n) is 5.92. The Bertz CT molecular complexity index is 295. The van der Waals surface area contributed by atoms with Crippen LogP contribution < -0.4 is 10.6 Å². The Morgan fingerprint density at radius 3 is 2.47 bits per heavy atom. The molecule has 0 bridgehead atoms. The van der Waals surface area contributed by atoms with Crippen molar-refractivity contribution in [3.8, 4) is 0 Å². The summed E-state index contributed by atoms with van der Waals surface area (Å²) in [6.07, 6.45) is 2.63. The van der Waals surface area contributed by atoms with Crippen molar-refractivity contribution in [2.45, 2.75) is 19.3 Å². The lowest BCUT2D eigenvalue weighted by atomic mass is 10.2. The Morgan fingerprint density at radius 2 is 1.84 bits per heavy atom. The summed E-state index contributed by atoms with van der Waals surface area (Å²) >= 11 is 0. The SMILES string of the molecule is COCCCCCNC(=O)NC(=O)COCC(=O)O. The molecule has 0 unspecified atom stereocenters. The predicted octanol–water partition coefficient (Wildman–Crippen LogP) is -0.270. The number of unbranched alkanes of at least 4 members (excludes halogenated alkanes) is 2. The van der Waals surface area contributed by atoms with Gasteiger partial charge < -0.3 is 19.9 Å². The maximum Gasteiger partial charge on any atom is 0.329 e. The molecule has 110 valence electrons. The third-order valence-electron chi connectivity index (χ3n) is 2.02. The smallest absolute Gasteiger partial charge is 0.329 e. The van der Waals surface area contributed by atoms with Crippen LogP contribution in [0.3, 0.4) is 0 Å². The Morgan fingerprint density at radius 1 is 1.11 bits per heavy atom. The third-order valence-corrected chi connectivity index (χ3v) is 2.02. The van der Waals surface area contributed by atoms with Gasteiger partial charge in [0.15, 0.2) is 0 Å². The molecule has 0 saturated carbocycles. The van der Waals surface area contributed by atoms with Crippen LogP contribution in [0.25, 0.3) is 0 Å². The van der Waals surface area contributed by atoms with Crippen molar-refractivity contribution in [1.82, 2.24) is 10.6 Å². The average molecular weight is 276 g/mol. The van der Waals surface area contributed by atoms with E-state index in [1.165, 1.54) is 0 Å². The minimum Gasteiger partial charge on any atom is -0.480 e. The van der Waals surface area contributed by atoms with Gasteiger partial charge in [-0.1, -0.05) is 0 Å². The minimum absolute atomic E-state index is 0.457. The highest BCUT2D eigenvalue weighted by Gasteiger charge is 2.07. The van der Waals surface area contributed by atoms with Crippen molar-refractivity contribution >= 4 is 17.9 Å². The molecule has 0 rings (SSSR count). The number of methoxy groups -OCH3 is 1. The second kappa shape index (κ2) is 11.4. The molecular formula is C11H20N2O6. The molecule has 19 heavy (non-hydrogen) atoms. The summed E-state index contributed by atoms with van der Waals surface area (Å²) in [4.78, 5) is 32.4. The van der Waals surface area contributed by atoms with Gasteiger partial charge in [0.25, 0.3) is 5.91 Å². The normalized spacial score (nSPS) is 9.95. The Hall–Kier alpha value is -1.67. The molecule has 8 heteroatoms. The number of carboxylic acid groups (broad SMARTS) is 1. The van der Waals surface area contributed by atoms with Gasteiger partial charge in [0, 0.05) is 20.3 Å². The molecule has 8 nitrogen and oxygen atoms in total. The van der Waals surface area contributed by atoms with Crippen LogP contribution in [0.5, 0.6) is 0 Å². The highest BCUT2D eigenvalue weighted by molar-refractivity contribution is 5.94. The standard InChI is InChI=1S/C11H20N2O6/c1-18-6-4-2-3-5-12-11(17)13-9(14)7-19-8-10(15)16/h2-8H2,1H3,(H,15,16)(H2,12,13,14,17). The monoisotopic (exact) mass is 276 g/mol. The summed E-state index contributed by atoms with van der Waals surface area (Å²) in [5.41, 5.74) is 0. The number of ether oxygens (including phenoxy) is 2. The summed E-state index contributed by atoms with van der Waals surface area (Å²) in [6, 6.07) is -0.615. The van der Waals surface area contributed by atoms with Gasteiger partial charge in [-0.15, -0.1) is 0 Å². The van der Waals surface area contributed by atoms with E-state index in [9.17, 15) is 14.4 Å². The minimum atomic E-state index is -1.17. The summed E-state index contributed by atoms with van der Waals surface area (Å²) in [5.74, 6) is -1.86. The number of aliphatic carboxylic acids is 1. The van der Waals surface area contributed by atoms with E-state index in [4.69, 9.17) is 9.84 Å². The van der Waals surface area contributed by atoms with E-state index in [0.717, 1.165) is 19.3 Å². The molecule has 0 atom stereocenters. The fraction of sp³-hybridized carbons (Fsp3) is 0.727. The zero-order valence-electron chi connectivity index (χ0n) is 10.9. The zero-order valence-corrected chi connectivity index (χ0v) is 10.9. The average Bonchev–Trinajstić information content (AvgIpc) is 2.33. The number of rotatable bonds is 10. The van der Waals surface area contributed by atoms with Crippen LogP contribution in [-0.2, 0) is 19.1 Å². The van der Waals surface area contributed by atoms with E-state index >= 15 is 0 Å². The van der Waals surface area contributed by atoms with E-state index in [0.29, 0.717) is 13.2 Å². The number of carbonyl (C=O) groups excluding carboxylic acids is 2. The lowest BCUT2D eigenvalue weighted by Gasteiger charge is -2.06. The molecule has 0 aromatic carbocycles. The molecule has 0 spiro atoms. The first-order chi connectivity index (χ1) is 9.06. The van der Waals surface area contributed by atoms with Crippen LogP contribution in [0.4, 0.5) is 4.79 Å². The van der Waals surface area contributed by atoms with Crippen molar-refractivity contribution in [1.29, 1.82) is 0 Å². The number of urea groups is 1. The number of nitrogens with one attached hydrogen (secondary N) is 2. The van der Waals surface area contributed by atoms with Gasteiger partial charge in [-0.25, -0.2) is 9.59 Å². The van der Waals surface area contributed by atoms with Gasteiger partial charge >= 0.3 is 12.0 Å². The Labute approximate surface area is 111 Å². The maximum atomic E-state index is 11.2. The lowest BCUT2D eigenvalue weighted by Crippen LogP contribution is -2.41. The van der Waals surface area contributed by atoms with Crippen LogP contribution in [-0.4, -0.2) is 56.5 Å². The third kappa shape index (κ3) is 12.6. The first kappa shape index (κ1) is 17.3. The zero-order chi connectivity index (χ0) is 14.5. The van der Waals surface area contributed by atoms with Crippen LogP contribution in [0.15, 0.2) is 0 Å². The second-order valence-electron chi connectivity index (χ2n) is 3.74. The Balaban J connectivity index is 3.46. The number of carbonyl (C=O) groups is 3. The van der Waals surface area contributed by atoms with Crippen LogP contribution in [0, 0.1) is 0 Å². The largest absolute Gasteiger partial charge is 0.480 e. The van der Waals surface area contributed by atoms with Gasteiger partial charge in [0.1, 0.15) is 13.2 Å². The summed E-state index contributed by atoms with van der Waals surface area (Å²) in [5, 5.41) is 12.8. The van der Waals surface area contributed by atoms with Gasteiger partial charge in [-0.2, -0.15) is 0 Å². The second-order valence-corrected chi connectivity index (χ2v) is 3.74. The molecule has 0 saturated heterocycles. The molecule has 0 aliphatic carbocycles. The molecule has 0 aliphatic rings. The van der Waals surface area contributed by atoms with E-state index in [2.05, 4.69) is 10.1 Å². The predicted molar refractivity (Wildman–Crippen MR) is 65.7 cm³/mol. The quantitative estimate of drug-likeness (QED) is 0.473. The molecule has 0 radical (unpaired) electrons. The van der Waals surface area contributed by atoms with Crippen LogP contribution in [0.1, 0.15) is 19.3 Å². The molecule has 3 N–H and O–H groups in total. The van der Waals surface area contributed by atoms with Crippen molar-refractivity contribution in [2.24, 2.45) is 0 Å². The topological polar surface area (TPSA) is 114 Å². The summed E-state index contributed by atoms with van der Waals surface area (Å²) < 4.78 is 9.40. The molecule has 0 fully saturated rings. The van der Waals surface area contributed by atoms with E-state index < -0.39 is 31.1 Å². The van der Waals surface area contributed by atoms with Crippen molar-refractivity contribution in [3.05, 3.63) is 0 Å². The number of hydrogen-bond donors (Lipinski definition) is 3. The molecule has 0 heterocycles. The number of carboxylic acids is 1. The van der Waals surface area contributed by atoms with E-state index in [1.807, 2.05) is 5.32 Å². The number of amides is 3.